The van der Waals surface area contributed by atoms with Crippen LogP contribution in [0, 0.1) is 11.8 Å². The summed E-state index contributed by atoms with van der Waals surface area (Å²) in [7, 11) is 0. The van der Waals surface area contributed by atoms with Gasteiger partial charge in [0.05, 0.1) is 24.0 Å². The molecule has 3 aliphatic rings. The summed E-state index contributed by atoms with van der Waals surface area (Å²) >= 11 is 6.34. The highest BCUT2D eigenvalue weighted by molar-refractivity contribution is 6.30. The Morgan fingerprint density at radius 3 is 2.89 bits per heavy atom. The van der Waals surface area contributed by atoms with Crippen LogP contribution in [0.25, 0.3) is 0 Å². The Kier molecular flexibility index (Phi) is 7.32. The van der Waals surface area contributed by atoms with Crippen molar-refractivity contribution in [2.45, 2.75) is 63.4 Å². The molecular weight excluding hydrogens is 474 g/mol. The number of carboxylic acids is 1. The molecule has 0 aromatic heterocycles. The SMILES string of the molecule is CCCC=C[C@H](O)[C@@H]1CC[C@H]1CN1C[C@@]2(CCCc3cc(Cl)ccc32)COc2ccc(C(=O)O)cc21. The topological polar surface area (TPSA) is 70.0 Å². The Morgan fingerprint density at radius 1 is 1.28 bits per heavy atom. The standard InChI is InChI=1S/C30H36ClNO4/c1-2-3-4-7-27(33)24-11-8-22(24)17-32-18-30(14-5-6-20-15-23(31)10-12-25(20)30)19-36-28-13-9-21(29(34)35)16-26(28)32/h4,7,9-10,12-13,15-16,22,24,27,33H,2-3,5-6,8,11,14,17-19H2,1H3,(H,34,35)/t22-,24+,27-,30-/m0/s1. The number of anilines is 1. The summed E-state index contributed by atoms with van der Waals surface area (Å²) in [4.78, 5) is 14.2. The highest BCUT2D eigenvalue weighted by atomic mass is 35.5. The molecule has 6 heteroatoms. The number of ether oxygens (including phenoxy) is 1. The van der Waals surface area contributed by atoms with Crippen LogP contribution in [0.5, 0.6) is 5.75 Å². The molecule has 1 fully saturated rings. The first kappa shape index (κ1) is 25.2. The molecule has 0 bridgehead atoms. The first-order chi connectivity index (χ1) is 17.4. The number of hydrogen-bond acceptors (Lipinski definition) is 4. The molecule has 1 heterocycles. The highest BCUT2D eigenvalue weighted by Gasteiger charge is 2.44. The van der Waals surface area contributed by atoms with Crippen molar-refractivity contribution in [2.24, 2.45) is 11.8 Å². The van der Waals surface area contributed by atoms with Crippen LogP contribution in [0.2, 0.25) is 5.02 Å². The Labute approximate surface area is 218 Å². The molecule has 2 N–H and O–H groups in total. The number of hydrogen-bond donors (Lipinski definition) is 2. The number of nitrogens with zero attached hydrogens (tertiary/aromatic N) is 1. The molecule has 1 aliphatic heterocycles. The van der Waals surface area contributed by atoms with Gasteiger partial charge in [-0.25, -0.2) is 4.79 Å². The van der Waals surface area contributed by atoms with E-state index >= 15 is 0 Å². The second-order valence-electron chi connectivity index (χ2n) is 10.8. The van der Waals surface area contributed by atoms with E-state index in [2.05, 4.69) is 30.0 Å². The van der Waals surface area contributed by atoms with E-state index in [1.807, 2.05) is 12.1 Å². The second kappa shape index (κ2) is 10.5. The molecule has 0 saturated heterocycles. The third-order valence-corrected chi connectivity index (χ3v) is 8.68. The minimum Gasteiger partial charge on any atom is -0.490 e. The van der Waals surface area contributed by atoms with Gasteiger partial charge in [0, 0.05) is 23.5 Å². The van der Waals surface area contributed by atoms with Crippen LogP contribution < -0.4 is 9.64 Å². The van der Waals surface area contributed by atoms with Gasteiger partial charge in [0.1, 0.15) is 5.75 Å². The molecule has 192 valence electrons. The van der Waals surface area contributed by atoms with Crippen molar-refractivity contribution < 1.29 is 19.7 Å². The number of halogens is 1. The molecule has 5 nitrogen and oxygen atoms in total. The minimum absolute atomic E-state index is 0.195. The van der Waals surface area contributed by atoms with E-state index < -0.39 is 12.1 Å². The zero-order valence-electron chi connectivity index (χ0n) is 21.0. The Balaban J connectivity index is 1.48. The average Bonchev–Trinajstić information content (AvgIpc) is 2.99. The summed E-state index contributed by atoms with van der Waals surface area (Å²) in [5.41, 5.74) is 3.49. The largest absolute Gasteiger partial charge is 0.490 e. The van der Waals surface area contributed by atoms with Gasteiger partial charge in [-0.1, -0.05) is 43.2 Å². The number of aliphatic hydroxyl groups excluding tert-OH is 1. The van der Waals surface area contributed by atoms with Crippen molar-refractivity contribution in [1.29, 1.82) is 0 Å². The monoisotopic (exact) mass is 509 g/mol. The quantitative estimate of drug-likeness (QED) is 0.431. The number of aliphatic hydroxyl groups is 1. The maximum absolute atomic E-state index is 11.8. The zero-order chi connectivity index (χ0) is 25.3. The first-order valence-electron chi connectivity index (χ1n) is 13.3. The number of carboxylic acid groups (broad SMARTS) is 1. The fraction of sp³-hybridized carbons (Fsp3) is 0.500. The lowest BCUT2D eigenvalue weighted by molar-refractivity contribution is 0.0456. The lowest BCUT2D eigenvalue weighted by atomic mass is 9.68. The maximum atomic E-state index is 11.8. The molecule has 0 radical (unpaired) electrons. The molecule has 36 heavy (non-hydrogen) atoms. The van der Waals surface area contributed by atoms with Crippen LogP contribution in [0.1, 0.15) is 66.9 Å². The fourth-order valence-electron chi connectivity index (χ4n) is 6.35. The maximum Gasteiger partial charge on any atom is 0.335 e. The van der Waals surface area contributed by atoms with Crippen LogP contribution in [0.3, 0.4) is 0 Å². The Hall–Kier alpha value is -2.50. The van der Waals surface area contributed by atoms with Crippen molar-refractivity contribution in [3.8, 4) is 5.75 Å². The van der Waals surface area contributed by atoms with Gasteiger partial charge < -0.3 is 19.8 Å². The van der Waals surface area contributed by atoms with Crippen molar-refractivity contribution in [3.05, 3.63) is 70.3 Å². The molecule has 1 saturated carbocycles. The molecule has 1 spiro atoms. The zero-order valence-corrected chi connectivity index (χ0v) is 21.7. The molecule has 5 rings (SSSR count). The molecule has 0 amide bonds. The summed E-state index contributed by atoms with van der Waals surface area (Å²) < 4.78 is 6.44. The molecule has 2 aromatic rings. The van der Waals surface area contributed by atoms with E-state index in [-0.39, 0.29) is 16.9 Å². The van der Waals surface area contributed by atoms with Gasteiger partial charge in [-0.3, -0.25) is 0 Å². The van der Waals surface area contributed by atoms with E-state index in [0.29, 0.717) is 12.5 Å². The number of allylic oxidation sites excluding steroid dienone is 1. The van der Waals surface area contributed by atoms with Gasteiger partial charge in [-0.05, 0) is 91.8 Å². The van der Waals surface area contributed by atoms with E-state index in [1.54, 1.807) is 18.2 Å². The third-order valence-electron chi connectivity index (χ3n) is 8.44. The van der Waals surface area contributed by atoms with E-state index in [4.69, 9.17) is 16.3 Å². The van der Waals surface area contributed by atoms with E-state index in [0.717, 1.165) is 74.5 Å². The number of benzene rings is 2. The van der Waals surface area contributed by atoms with Gasteiger partial charge in [0.25, 0.3) is 0 Å². The predicted molar refractivity (Wildman–Crippen MR) is 143 cm³/mol. The van der Waals surface area contributed by atoms with Crippen LogP contribution >= 0.6 is 11.6 Å². The number of aromatic carboxylic acids is 1. The number of aryl methyl sites for hydroxylation is 1. The van der Waals surface area contributed by atoms with Crippen molar-refractivity contribution in [1.82, 2.24) is 0 Å². The normalized spacial score (nSPS) is 26.0. The van der Waals surface area contributed by atoms with Gasteiger partial charge in [0.2, 0.25) is 0 Å². The van der Waals surface area contributed by atoms with E-state index in [1.165, 1.54) is 11.1 Å². The van der Waals surface area contributed by atoms with Crippen molar-refractivity contribution in [2.75, 3.05) is 24.6 Å². The summed E-state index contributed by atoms with van der Waals surface area (Å²) in [6.07, 6.45) is 10.8. The summed E-state index contributed by atoms with van der Waals surface area (Å²) in [6, 6.07) is 11.4. The van der Waals surface area contributed by atoms with Crippen LogP contribution in [-0.4, -0.2) is 42.0 Å². The molecule has 2 aromatic carbocycles. The van der Waals surface area contributed by atoms with Crippen molar-refractivity contribution >= 4 is 23.3 Å². The van der Waals surface area contributed by atoms with Gasteiger partial charge >= 0.3 is 5.97 Å². The highest BCUT2D eigenvalue weighted by Crippen LogP contribution is 2.46. The minimum atomic E-state index is -0.938. The van der Waals surface area contributed by atoms with Crippen LogP contribution in [0.15, 0.2) is 48.6 Å². The summed E-state index contributed by atoms with van der Waals surface area (Å²) in [5.74, 6) is 0.363. The van der Waals surface area contributed by atoms with Gasteiger partial charge in [0.15, 0.2) is 0 Å². The van der Waals surface area contributed by atoms with Gasteiger partial charge in [-0.15, -0.1) is 0 Å². The van der Waals surface area contributed by atoms with Crippen LogP contribution in [-0.2, 0) is 11.8 Å². The molecule has 2 aliphatic carbocycles. The first-order valence-corrected chi connectivity index (χ1v) is 13.7. The van der Waals surface area contributed by atoms with Gasteiger partial charge in [-0.2, -0.15) is 0 Å². The lowest BCUT2D eigenvalue weighted by Crippen LogP contribution is -2.49. The molecular formula is C30H36ClNO4. The summed E-state index contributed by atoms with van der Waals surface area (Å²) in [5, 5.41) is 21.3. The third kappa shape index (κ3) is 4.88. The lowest BCUT2D eigenvalue weighted by Gasteiger charge is -2.45. The Morgan fingerprint density at radius 2 is 2.14 bits per heavy atom. The predicted octanol–water partition coefficient (Wildman–Crippen LogP) is 6.25. The number of rotatable bonds is 7. The fourth-order valence-corrected chi connectivity index (χ4v) is 6.54. The summed E-state index contributed by atoms with van der Waals surface area (Å²) in [6.45, 7) is 4.21. The Bertz CT molecular complexity index is 1150. The van der Waals surface area contributed by atoms with Crippen LogP contribution in [0.4, 0.5) is 5.69 Å². The number of fused-ring (bicyclic) bond motifs is 3. The second-order valence-corrected chi connectivity index (χ2v) is 11.2. The molecule has 4 atom stereocenters. The van der Waals surface area contributed by atoms with E-state index in [9.17, 15) is 15.0 Å². The smallest absolute Gasteiger partial charge is 0.335 e. The average molecular weight is 510 g/mol. The number of carbonyl (C=O) groups is 1. The van der Waals surface area contributed by atoms with Crippen molar-refractivity contribution in [3.63, 3.8) is 0 Å². The number of unbranched alkanes of at least 4 members (excludes halogenated alkanes) is 1. The molecule has 0 unspecified atom stereocenters.